The molecule has 2 heterocycles. The molecule has 51 heavy (non-hydrogen) atoms. The number of primary amides is 1. The lowest BCUT2D eigenvalue weighted by molar-refractivity contribution is -0.143. The third kappa shape index (κ3) is 8.07. The number of hydrogen-bond donors (Lipinski definition) is 2. The number of nitrogens with two attached hydrogens (primary N) is 2. The Morgan fingerprint density at radius 1 is 0.902 bits per heavy atom. The third-order valence-corrected chi connectivity index (χ3v) is 9.63. The van der Waals surface area contributed by atoms with Crippen LogP contribution in [0.4, 0.5) is 51.1 Å². The van der Waals surface area contributed by atoms with Gasteiger partial charge in [-0.15, -0.1) is 5.10 Å². The van der Waals surface area contributed by atoms with Crippen LogP contribution in [0.15, 0.2) is 36.4 Å². The van der Waals surface area contributed by atoms with E-state index in [1.807, 2.05) is 0 Å². The molecule has 0 saturated heterocycles. The molecule has 2 amide bonds. The van der Waals surface area contributed by atoms with Gasteiger partial charge < -0.3 is 21.3 Å². The highest BCUT2D eigenvalue weighted by Gasteiger charge is 2.44. The van der Waals surface area contributed by atoms with Gasteiger partial charge in [0, 0.05) is 24.2 Å². The van der Waals surface area contributed by atoms with Gasteiger partial charge in [0.2, 0.25) is 11.8 Å². The quantitative estimate of drug-likeness (QED) is 0.265. The van der Waals surface area contributed by atoms with E-state index in [1.54, 1.807) is 6.92 Å². The molecular weight excluding hydrogens is 699 g/mol. The fourth-order valence-electron chi connectivity index (χ4n) is 7.02. The first-order chi connectivity index (χ1) is 23.7. The van der Waals surface area contributed by atoms with Crippen molar-refractivity contribution in [3.8, 4) is 0 Å². The number of hydrogen-bond acceptors (Lipinski definition) is 7. The number of amides is 2. The number of nitrogens with zero attached hydrogens (tertiary/aromatic N) is 6. The average molecular weight is 735 g/mol. The Morgan fingerprint density at radius 2 is 1.49 bits per heavy atom. The van der Waals surface area contributed by atoms with Crippen molar-refractivity contribution in [2.75, 3.05) is 9.80 Å². The number of aromatic nitrogens is 4. The van der Waals surface area contributed by atoms with Gasteiger partial charge in [0.25, 0.3) is 5.95 Å². The zero-order chi connectivity index (χ0) is 37.6. The molecule has 1 aliphatic heterocycles. The fourth-order valence-corrected chi connectivity index (χ4v) is 7.02. The third-order valence-electron chi connectivity index (χ3n) is 9.63. The highest BCUT2D eigenvalue weighted by molar-refractivity contribution is 5.97. The number of rotatable bonds is 8. The largest absolute Gasteiger partial charge is 0.416 e. The molecule has 3 atom stereocenters. The molecule has 5 rings (SSSR count). The Balaban J connectivity index is 1.61. The molecular formula is C32H35F9N8O2. The number of tetrazole rings is 1. The van der Waals surface area contributed by atoms with Gasteiger partial charge in [-0.05, 0) is 97.2 Å². The van der Waals surface area contributed by atoms with E-state index >= 15 is 0 Å². The van der Waals surface area contributed by atoms with Crippen LogP contribution in [0.5, 0.6) is 0 Å². The van der Waals surface area contributed by atoms with Crippen LogP contribution in [0, 0.1) is 11.8 Å². The number of carbonyl (C=O) groups excluding carboxylic acids is 2. The van der Waals surface area contributed by atoms with E-state index in [0.29, 0.717) is 37.8 Å². The maximum absolute atomic E-state index is 14.2. The predicted molar refractivity (Wildman–Crippen MR) is 164 cm³/mol. The van der Waals surface area contributed by atoms with Crippen molar-refractivity contribution in [1.82, 2.24) is 20.2 Å². The lowest BCUT2D eigenvalue weighted by Gasteiger charge is -2.46. The first-order valence-electron chi connectivity index (χ1n) is 16.1. The van der Waals surface area contributed by atoms with Gasteiger partial charge in [-0.25, -0.2) is 0 Å². The van der Waals surface area contributed by atoms with E-state index in [1.165, 1.54) is 16.8 Å². The monoisotopic (exact) mass is 734 g/mol. The van der Waals surface area contributed by atoms with Crippen molar-refractivity contribution in [3.63, 3.8) is 0 Å². The predicted octanol–water partition coefficient (Wildman–Crippen LogP) is 6.15. The minimum atomic E-state index is -5.15. The smallest absolute Gasteiger partial charge is 0.368 e. The summed E-state index contributed by atoms with van der Waals surface area (Å²) in [7, 11) is 1.36. The number of fused-ring (bicyclic) bond motifs is 1. The van der Waals surface area contributed by atoms with E-state index in [-0.39, 0.29) is 47.9 Å². The first kappa shape index (κ1) is 37.8. The molecule has 278 valence electrons. The molecule has 0 spiro atoms. The van der Waals surface area contributed by atoms with Crippen LogP contribution in [0.2, 0.25) is 0 Å². The average Bonchev–Trinajstić information content (AvgIpc) is 3.50. The molecule has 2 aliphatic rings. The minimum Gasteiger partial charge on any atom is -0.368 e. The summed E-state index contributed by atoms with van der Waals surface area (Å²) < 4.78 is 125. The zero-order valence-electron chi connectivity index (χ0n) is 27.4. The summed E-state index contributed by atoms with van der Waals surface area (Å²) in [5.74, 6) is -2.12. The zero-order valence-corrected chi connectivity index (χ0v) is 27.4. The lowest BCUT2D eigenvalue weighted by atomic mass is 9.77. The highest BCUT2D eigenvalue weighted by atomic mass is 19.4. The van der Waals surface area contributed by atoms with Crippen LogP contribution in [0.3, 0.4) is 0 Å². The molecule has 3 aromatic rings. The van der Waals surface area contributed by atoms with E-state index in [9.17, 15) is 49.1 Å². The SMILES string of the molecule is CCC1CC(N(Cc2cc(C(F)(F)F)cc(C(F)(F)F)c2)c2nnn(C)n2)c2cc(C(F)(F)F)ccc2N1C(=O)C1CCC([C@H](N)C(N)=O)CC1. The Morgan fingerprint density at radius 3 is 1.98 bits per heavy atom. The van der Waals surface area contributed by atoms with Crippen LogP contribution < -0.4 is 21.3 Å². The Kier molecular flexibility index (Phi) is 10.3. The summed E-state index contributed by atoms with van der Waals surface area (Å²) in [4.78, 5) is 29.5. The van der Waals surface area contributed by atoms with Gasteiger partial charge >= 0.3 is 18.5 Å². The minimum absolute atomic E-state index is 0.0222. The number of alkyl halides is 9. The molecule has 1 saturated carbocycles. The van der Waals surface area contributed by atoms with Gasteiger partial charge in [0.05, 0.1) is 35.8 Å². The standard InChI is InChI=1S/C32H35F9N8O2/c1-3-22-14-25(48(29-44-46-47(2)45-29)15-16-10-20(31(36,37)38)12-21(11-16)32(39,40)41)23-13-19(30(33,34)35)8-9-24(23)49(22)28(51)18-6-4-17(5-7-18)26(42)27(43)50/h8-13,17-18,22,25-26H,3-7,14-15,42H2,1-2H3,(H2,43,50)/t17?,18?,22?,25?,26-/m0/s1. The first-order valence-corrected chi connectivity index (χ1v) is 16.1. The number of anilines is 2. The van der Waals surface area contributed by atoms with E-state index in [4.69, 9.17) is 11.5 Å². The normalized spacial score (nSPS) is 22.0. The summed E-state index contributed by atoms with van der Waals surface area (Å²) in [6.07, 6.45) is -13.4. The summed E-state index contributed by atoms with van der Waals surface area (Å²) >= 11 is 0. The summed E-state index contributed by atoms with van der Waals surface area (Å²) in [5, 5.41) is 11.8. The Labute approximate surface area is 285 Å². The molecule has 2 unspecified atom stereocenters. The molecule has 1 fully saturated rings. The summed E-state index contributed by atoms with van der Waals surface area (Å²) in [6.45, 7) is 1.06. The van der Waals surface area contributed by atoms with Crippen LogP contribution in [0.1, 0.15) is 79.3 Å². The molecule has 1 aromatic heterocycles. The fraction of sp³-hybridized carbons (Fsp3) is 0.531. The van der Waals surface area contributed by atoms with Gasteiger partial charge in [0.15, 0.2) is 0 Å². The van der Waals surface area contributed by atoms with Gasteiger partial charge in [-0.3, -0.25) is 9.59 Å². The highest BCUT2D eigenvalue weighted by Crippen LogP contribution is 2.47. The molecule has 10 nitrogen and oxygen atoms in total. The van der Waals surface area contributed by atoms with E-state index in [0.717, 1.165) is 23.0 Å². The van der Waals surface area contributed by atoms with Crippen molar-refractivity contribution in [1.29, 1.82) is 0 Å². The number of carbonyl (C=O) groups is 2. The second-order valence-corrected chi connectivity index (χ2v) is 13.0. The van der Waals surface area contributed by atoms with Crippen LogP contribution in [-0.4, -0.2) is 44.1 Å². The molecule has 2 aromatic carbocycles. The molecule has 4 N–H and O–H groups in total. The maximum Gasteiger partial charge on any atom is 0.416 e. The second kappa shape index (κ2) is 14.0. The molecule has 0 radical (unpaired) electrons. The van der Waals surface area contributed by atoms with Gasteiger partial charge in [0.1, 0.15) is 0 Å². The number of halogens is 9. The van der Waals surface area contributed by atoms with Crippen molar-refractivity contribution >= 4 is 23.5 Å². The topological polar surface area (TPSA) is 136 Å². The van der Waals surface area contributed by atoms with E-state index in [2.05, 4.69) is 15.4 Å². The van der Waals surface area contributed by atoms with Crippen LogP contribution >= 0.6 is 0 Å². The molecule has 19 heteroatoms. The number of benzene rings is 2. The summed E-state index contributed by atoms with van der Waals surface area (Å²) in [6, 6.07) is 1.10. The van der Waals surface area contributed by atoms with Gasteiger partial charge in [-0.2, -0.15) is 44.3 Å². The van der Waals surface area contributed by atoms with Crippen molar-refractivity contribution < 1.29 is 49.1 Å². The Hall–Kier alpha value is -4.42. The summed E-state index contributed by atoms with van der Waals surface area (Å²) in [5.41, 5.74) is 6.64. The van der Waals surface area contributed by atoms with Crippen molar-refractivity contribution in [2.24, 2.45) is 30.4 Å². The van der Waals surface area contributed by atoms with E-state index < -0.39 is 77.3 Å². The van der Waals surface area contributed by atoms with Gasteiger partial charge in [-0.1, -0.05) is 12.0 Å². The Bertz CT molecular complexity index is 1720. The van der Waals surface area contributed by atoms with Crippen LogP contribution in [-0.2, 0) is 41.7 Å². The molecule has 0 bridgehead atoms. The number of aryl methyl sites for hydroxylation is 1. The van der Waals surface area contributed by atoms with Crippen LogP contribution in [0.25, 0.3) is 0 Å². The molecule has 1 aliphatic carbocycles. The lowest BCUT2D eigenvalue weighted by Crippen LogP contribution is -2.51. The van der Waals surface area contributed by atoms with Crippen molar-refractivity contribution in [3.05, 3.63) is 64.2 Å². The van der Waals surface area contributed by atoms with Crippen molar-refractivity contribution in [2.45, 2.75) is 88.6 Å². The second-order valence-electron chi connectivity index (χ2n) is 13.0. The maximum atomic E-state index is 14.2.